The predicted molar refractivity (Wildman–Crippen MR) is 191 cm³/mol. The van der Waals surface area contributed by atoms with Crippen molar-refractivity contribution in [2.24, 2.45) is 4.99 Å². The minimum atomic E-state index is 0.119. The highest BCUT2D eigenvalue weighted by atomic mass is 15.3. The Kier molecular flexibility index (Phi) is 6.12. The standard InChI is InChI=1S/C43H32N2/c1-2-13-31(14-3-1)43-44-39-20-10-11-21-40(39)45(43)34-26-24-30(25-27-34)41-35-16-6-8-18-37(35)42(38-19-9-7-17-36(38)41)33-23-22-29-12-4-5-15-32(29)28-33/h1-6,8,10-28,39-40H,7,9H2. The van der Waals surface area contributed by atoms with Crippen molar-refractivity contribution in [2.75, 3.05) is 4.90 Å². The Morgan fingerprint density at radius 2 is 1.16 bits per heavy atom. The fourth-order valence-electron chi connectivity index (χ4n) is 7.50. The number of amidine groups is 1. The van der Waals surface area contributed by atoms with Crippen LogP contribution in [0.4, 0.5) is 5.69 Å². The summed E-state index contributed by atoms with van der Waals surface area (Å²) in [5, 5.41) is 7.86. The van der Waals surface area contributed by atoms with Crippen LogP contribution in [0.1, 0.15) is 18.4 Å². The number of allylic oxidation sites excluding steroid dienone is 2. The van der Waals surface area contributed by atoms with Gasteiger partial charge in [-0.3, -0.25) is 4.99 Å². The van der Waals surface area contributed by atoms with Gasteiger partial charge in [0.2, 0.25) is 0 Å². The summed E-state index contributed by atoms with van der Waals surface area (Å²) in [4.78, 5) is 7.57. The molecular formula is C43H32N2. The zero-order valence-corrected chi connectivity index (χ0v) is 25.0. The van der Waals surface area contributed by atoms with E-state index in [9.17, 15) is 0 Å². The van der Waals surface area contributed by atoms with Crippen molar-refractivity contribution in [2.45, 2.75) is 24.9 Å². The molecule has 0 amide bonds. The summed E-state index contributed by atoms with van der Waals surface area (Å²) in [7, 11) is 0. The average molecular weight is 577 g/mol. The third-order valence-electron chi connectivity index (χ3n) is 9.54. The van der Waals surface area contributed by atoms with Crippen LogP contribution in [0.5, 0.6) is 0 Å². The Hall–Kier alpha value is -5.47. The van der Waals surface area contributed by atoms with Gasteiger partial charge < -0.3 is 4.90 Å². The molecule has 2 aliphatic carbocycles. The van der Waals surface area contributed by atoms with Crippen LogP contribution >= 0.6 is 0 Å². The zero-order chi connectivity index (χ0) is 29.7. The van der Waals surface area contributed by atoms with Crippen LogP contribution in [-0.4, -0.2) is 17.9 Å². The molecule has 45 heavy (non-hydrogen) atoms. The Bertz CT molecular complexity index is 2320. The molecule has 214 valence electrons. The maximum Gasteiger partial charge on any atom is 0.136 e. The van der Waals surface area contributed by atoms with Gasteiger partial charge in [0, 0.05) is 11.3 Å². The van der Waals surface area contributed by atoms with E-state index in [1.165, 1.54) is 54.2 Å². The highest BCUT2D eigenvalue weighted by Crippen LogP contribution is 2.36. The second kappa shape index (κ2) is 10.6. The fraction of sp³-hybridized carbons (Fsp3) is 0.0930. The highest BCUT2D eigenvalue weighted by molar-refractivity contribution is 6.13. The van der Waals surface area contributed by atoms with Gasteiger partial charge in [-0.1, -0.05) is 140 Å². The number of hydrogen-bond donors (Lipinski definition) is 0. The van der Waals surface area contributed by atoms with E-state index in [4.69, 9.17) is 4.99 Å². The molecule has 2 atom stereocenters. The lowest BCUT2D eigenvalue weighted by Crippen LogP contribution is -2.39. The number of rotatable bonds is 4. The molecule has 0 saturated heterocycles. The van der Waals surface area contributed by atoms with Gasteiger partial charge in [0.05, 0.1) is 12.1 Å². The first kappa shape index (κ1) is 26.0. The van der Waals surface area contributed by atoms with Crippen LogP contribution in [0.15, 0.2) is 151 Å². The summed E-state index contributed by atoms with van der Waals surface area (Å²) in [6.07, 6.45) is 15.8. The molecule has 0 saturated carbocycles. The minimum absolute atomic E-state index is 0.119. The Balaban J connectivity index is 1.21. The molecule has 2 heteroatoms. The van der Waals surface area contributed by atoms with Crippen molar-refractivity contribution in [1.82, 2.24) is 0 Å². The number of anilines is 1. The maximum absolute atomic E-state index is 5.17. The Morgan fingerprint density at radius 3 is 1.91 bits per heavy atom. The molecule has 3 aliphatic rings. The van der Waals surface area contributed by atoms with Crippen LogP contribution in [0.2, 0.25) is 0 Å². The molecule has 1 heterocycles. The number of aliphatic imine (C=N–C) groups is 1. The van der Waals surface area contributed by atoms with Gasteiger partial charge in [0.1, 0.15) is 5.84 Å². The third kappa shape index (κ3) is 4.29. The molecule has 1 aliphatic heterocycles. The summed E-state index contributed by atoms with van der Waals surface area (Å²) in [5.41, 5.74) is 7.50. The summed E-state index contributed by atoms with van der Waals surface area (Å²) in [5.74, 6) is 1.03. The van der Waals surface area contributed by atoms with Crippen molar-refractivity contribution in [1.29, 1.82) is 0 Å². The quantitative estimate of drug-likeness (QED) is 0.205. The van der Waals surface area contributed by atoms with E-state index in [0.29, 0.717) is 0 Å². The van der Waals surface area contributed by atoms with Gasteiger partial charge in [-0.05, 0) is 85.3 Å². The van der Waals surface area contributed by atoms with E-state index in [-0.39, 0.29) is 12.1 Å². The molecule has 6 aromatic carbocycles. The first-order chi connectivity index (χ1) is 22.3. The van der Waals surface area contributed by atoms with E-state index in [0.717, 1.165) is 29.9 Å². The average Bonchev–Trinajstić information content (AvgIpc) is 3.51. The SMILES string of the molecule is C1=CC2N=C(c3ccccc3)N(c3ccc(-c4c5c(c(-c6ccc7ccccc7c6)c6ccccc46)=CCCC=5)cc3)C2C=C1. The molecule has 0 fully saturated rings. The molecule has 0 radical (unpaired) electrons. The molecular weight excluding hydrogens is 544 g/mol. The van der Waals surface area contributed by atoms with Gasteiger partial charge in [0.15, 0.2) is 0 Å². The Labute approximate surface area is 263 Å². The van der Waals surface area contributed by atoms with Crippen molar-refractivity contribution in [3.05, 3.63) is 162 Å². The first-order valence-electron chi connectivity index (χ1n) is 16.0. The van der Waals surface area contributed by atoms with E-state index in [1.54, 1.807) is 0 Å². The summed E-state index contributed by atoms with van der Waals surface area (Å²) < 4.78 is 0. The molecule has 6 aromatic rings. The molecule has 9 rings (SSSR count). The number of hydrogen-bond acceptors (Lipinski definition) is 2. The van der Waals surface area contributed by atoms with Gasteiger partial charge in [-0.15, -0.1) is 0 Å². The van der Waals surface area contributed by atoms with Gasteiger partial charge in [-0.2, -0.15) is 0 Å². The molecule has 0 N–H and O–H groups in total. The molecule has 0 spiro atoms. The van der Waals surface area contributed by atoms with Gasteiger partial charge in [-0.25, -0.2) is 0 Å². The minimum Gasteiger partial charge on any atom is -0.317 e. The zero-order valence-electron chi connectivity index (χ0n) is 25.0. The van der Waals surface area contributed by atoms with E-state index < -0.39 is 0 Å². The monoisotopic (exact) mass is 576 g/mol. The van der Waals surface area contributed by atoms with Crippen molar-refractivity contribution in [3.8, 4) is 22.3 Å². The maximum atomic E-state index is 5.17. The molecule has 0 bridgehead atoms. The largest absolute Gasteiger partial charge is 0.317 e. The van der Waals surface area contributed by atoms with E-state index >= 15 is 0 Å². The predicted octanol–water partition coefficient (Wildman–Crippen LogP) is 8.81. The second-order valence-electron chi connectivity index (χ2n) is 12.2. The summed E-state index contributed by atoms with van der Waals surface area (Å²) in [6.45, 7) is 0. The molecule has 2 nitrogen and oxygen atoms in total. The first-order valence-corrected chi connectivity index (χ1v) is 16.0. The van der Waals surface area contributed by atoms with Crippen molar-refractivity contribution >= 4 is 45.2 Å². The number of nitrogens with zero attached hydrogens (tertiary/aromatic N) is 2. The van der Waals surface area contributed by atoms with Crippen LogP contribution in [-0.2, 0) is 0 Å². The summed E-state index contributed by atoms with van der Waals surface area (Å²) >= 11 is 0. The highest BCUT2D eigenvalue weighted by Gasteiger charge is 2.35. The lowest BCUT2D eigenvalue weighted by atomic mass is 9.86. The van der Waals surface area contributed by atoms with Gasteiger partial charge in [0.25, 0.3) is 0 Å². The van der Waals surface area contributed by atoms with Crippen molar-refractivity contribution in [3.63, 3.8) is 0 Å². The van der Waals surface area contributed by atoms with E-state index in [1.807, 2.05) is 0 Å². The lowest BCUT2D eigenvalue weighted by molar-refractivity contribution is 0.739. The van der Waals surface area contributed by atoms with Crippen LogP contribution in [0.3, 0.4) is 0 Å². The smallest absolute Gasteiger partial charge is 0.136 e. The Morgan fingerprint density at radius 1 is 0.533 bits per heavy atom. The van der Waals surface area contributed by atoms with Crippen LogP contribution < -0.4 is 15.3 Å². The fourth-order valence-corrected chi connectivity index (χ4v) is 7.50. The van der Waals surface area contributed by atoms with Gasteiger partial charge >= 0.3 is 0 Å². The summed E-state index contributed by atoms with van der Waals surface area (Å²) in [6, 6.07) is 44.6. The number of fused-ring (bicyclic) bond motifs is 4. The topological polar surface area (TPSA) is 15.6 Å². The second-order valence-corrected chi connectivity index (χ2v) is 12.2. The lowest BCUT2D eigenvalue weighted by Gasteiger charge is -2.29. The normalized spacial score (nSPS) is 18.3. The number of benzene rings is 6. The molecule has 2 unspecified atom stereocenters. The van der Waals surface area contributed by atoms with Crippen molar-refractivity contribution < 1.29 is 0 Å². The van der Waals surface area contributed by atoms with Crippen LogP contribution in [0, 0.1) is 0 Å². The third-order valence-corrected chi connectivity index (χ3v) is 9.54. The molecule has 0 aromatic heterocycles. The van der Waals surface area contributed by atoms with E-state index in [2.05, 4.69) is 163 Å². The van der Waals surface area contributed by atoms with Crippen LogP contribution in [0.25, 0.3) is 56.0 Å².